The molecule has 0 radical (unpaired) electrons. The Balaban J connectivity index is 1.84. The average molecular weight is 391 g/mol. The first-order valence-corrected chi connectivity index (χ1v) is 8.65. The van der Waals surface area contributed by atoms with E-state index in [1.54, 1.807) is 24.4 Å². The number of pyridine rings is 2. The summed E-state index contributed by atoms with van der Waals surface area (Å²) in [5.41, 5.74) is 1.52. The van der Waals surface area contributed by atoms with Gasteiger partial charge in [-0.15, -0.1) is 11.3 Å². The third-order valence-corrected chi connectivity index (χ3v) is 4.86. The van der Waals surface area contributed by atoms with Crippen LogP contribution in [0.3, 0.4) is 0 Å². The van der Waals surface area contributed by atoms with Crippen LogP contribution in [0.1, 0.15) is 16.5 Å². The molecule has 3 N–H and O–H groups in total. The highest BCUT2D eigenvalue weighted by atomic mass is 32.1. The Morgan fingerprint density at radius 2 is 2.00 bits per heavy atom. The summed E-state index contributed by atoms with van der Waals surface area (Å²) in [5.74, 6) is -5.52. The summed E-state index contributed by atoms with van der Waals surface area (Å²) >= 11 is 0.857. The highest BCUT2D eigenvalue weighted by Gasteiger charge is 2.48. The molecule has 27 heavy (non-hydrogen) atoms. The van der Waals surface area contributed by atoms with Crippen molar-refractivity contribution in [2.75, 3.05) is 5.32 Å². The average Bonchev–Trinajstić information content (AvgIpc) is 3.11. The van der Waals surface area contributed by atoms with Crippen LogP contribution in [0, 0.1) is 6.92 Å². The Morgan fingerprint density at radius 1 is 1.22 bits per heavy atom. The highest BCUT2D eigenvalue weighted by molar-refractivity contribution is 7.15. The number of aromatic nitrogens is 2. The maximum atomic E-state index is 13.5. The zero-order valence-electron chi connectivity index (χ0n) is 14.1. The van der Waals surface area contributed by atoms with Crippen LogP contribution in [0.2, 0.25) is 0 Å². The van der Waals surface area contributed by atoms with E-state index >= 15 is 0 Å². The normalized spacial score (nSPS) is 12.6. The summed E-state index contributed by atoms with van der Waals surface area (Å²) in [6, 6.07) is 11.6. The predicted octanol–water partition coefficient (Wildman–Crippen LogP) is 4.01. The van der Waals surface area contributed by atoms with E-state index < -0.39 is 18.0 Å². The molecule has 0 aliphatic carbocycles. The maximum Gasteiger partial charge on any atom is 0.377 e. The molecule has 0 saturated carbocycles. The fourth-order valence-corrected chi connectivity index (χ4v) is 3.31. The number of halogens is 2. The van der Waals surface area contributed by atoms with E-state index in [2.05, 4.69) is 15.3 Å². The number of thiophene rings is 1. The monoisotopic (exact) mass is 391 g/mol. The van der Waals surface area contributed by atoms with Gasteiger partial charge in [0.05, 0.1) is 10.6 Å². The molecule has 1 unspecified atom stereocenters. The van der Waals surface area contributed by atoms with Crippen LogP contribution < -0.4 is 5.32 Å². The fraction of sp³-hybridized carbons (Fsp3) is 0.167. The smallest absolute Gasteiger partial charge is 0.377 e. The van der Waals surface area contributed by atoms with Crippen molar-refractivity contribution in [1.82, 2.24) is 9.97 Å². The van der Waals surface area contributed by atoms with E-state index in [0.29, 0.717) is 22.2 Å². The van der Waals surface area contributed by atoms with Crippen LogP contribution in [0.25, 0.3) is 10.6 Å². The Morgan fingerprint density at radius 3 is 2.70 bits per heavy atom. The van der Waals surface area contributed by atoms with Crippen LogP contribution in [-0.2, 0) is 4.79 Å². The second-order valence-electron chi connectivity index (χ2n) is 5.78. The van der Waals surface area contributed by atoms with Gasteiger partial charge in [-0.2, -0.15) is 8.78 Å². The fourth-order valence-electron chi connectivity index (χ4n) is 2.31. The van der Waals surface area contributed by atoms with Crippen molar-refractivity contribution in [3.05, 3.63) is 59.1 Å². The second kappa shape index (κ2) is 7.37. The van der Waals surface area contributed by atoms with E-state index in [9.17, 15) is 18.7 Å². The summed E-state index contributed by atoms with van der Waals surface area (Å²) in [7, 11) is 0. The molecular weight excluding hydrogens is 376 g/mol. The van der Waals surface area contributed by atoms with E-state index in [1.807, 2.05) is 19.1 Å². The van der Waals surface area contributed by atoms with Crippen molar-refractivity contribution < 1.29 is 23.8 Å². The van der Waals surface area contributed by atoms with Gasteiger partial charge in [0.15, 0.2) is 6.10 Å². The highest BCUT2D eigenvalue weighted by Crippen LogP contribution is 2.38. The van der Waals surface area contributed by atoms with Crippen LogP contribution >= 0.6 is 11.3 Å². The van der Waals surface area contributed by atoms with Crippen LogP contribution in [0.4, 0.5) is 20.4 Å². The summed E-state index contributed by atoms with van der Waals surface area (Å²) in [6.07, 6.45) is -0.761. The lowest BCUT2D eigenvalue weighted by Gasteiger charge is -2.16. The number of carboxylic acids is 1. The molecule has 6 nitrogen and oxygen atoms in total. The number of carboxylic acid groups (broad SMARTS) is 1. The molecule has 0 bridgehead atoms. The first kappa shape index (κ1) is 18.9. The standard InChI is InChI=1S/C18H15F2N3O3S/c1-10-7-8-21-15(9-10)23-14-4-2-3-11(22-14)12-5-6-13(27-12)16(24)18(19,20)17(25)26/h2-9,16,24H,1H3,(H,25,26)(H,21,22,23). The minimum absolute atomic E-state index is 0.155. The van der Waals surface area contributed by atoms with Gasteiger partial charge in [-0.25, -0.2) is 14.8 Å². The van der Waals surface area contributed by atoms with Gasteiger partial charge >= 0.3 is 11.9 Å². The minimum Gasteiger partial charge on any atom is -0.477 e. The molecule has 0 saturated heterocycles. The van der Waals surface area contributed by atoms with Gasteiger partial charge in [-0.1, -0.05) is 6.07 Å². The molecule has 1 atom stereocenters. The lowest BCUT2D eigenvalue weighted by Crippen LogP contribution is -2.35. The van der Waals surface area contributed by atoms with E-state index in [-0.39, 0.29) is 4.88 Å². The first-order valence-electron chi connectivity index (χ1n) is 7.83. The molecule has 0 aromatic carbocycles. The number of anilines is 2. The van der Waals surface area contributed by atoms with Gasteiger partial charge in [0.2, 0.25) is 0 Å². The van der Waals surface area contributed by atoms with Crippen LogP contribution in [0.15, 0.2) is 48.7 Å². The minimum atomic E-state index is -4.27. The topological polar surface area (TPSA) is 95.3 Å². The molecule has 0 aliphatic heterocycles. The molecule has 3 rings (SSSR count). The van der Waals surface area contributed by atoms with Gasteiger partial charge in [0.1, 0.15) is 11.6 Å². The molecule has 3 heterocycles. The molecule has 0 aliphatic rings. The van der Waals surface area contributed by atoms with Gasteiger partial charge in [0, 0.05) is 11.1 Å². The quantitative estimate of drug-likeness (QED) is 0.588. The van der Waals surface area contributed by atoms with Crippen LogP contribution in [0.5, 0.6) is 0 Å². The molecule has 9 heteroatoms. The number of hydrogen-bond acceptors (Lipinski definition) is 6. The van der Waals surface area contributed by atoms with E-state index in [1.165, 1.54) is 12.1 Å². The number of nitrogens with one attached hydrogen (secondary N) is 1. The molecule has 0 spiro atoms. The number of carbonyl (C=O) groups is 1. The lowest BCUT2D eigenvalue weighted by molar-refractivity contribution is -0.182. The molecule has 140 valence electrons. The number of rotatable bonds is 6. The van der Waals surface area contributed by atoms with Crippen molar-refractivity contribution in [3.63, 3.8) is 0 Å². The Hall–Kier alpha value is -2.91. The van der Waals surface area contributed by atoms with Crippen molar-refractivity contribution in [2.45, 2.75) is 19.0 Å². The largest absolute Gasteiger partial charge is 0.477 e. The number of aliphatic hydroxyl groups excluding tert-OH is 1. The van der Waals surface area contributed by atoms with Crippen molar-refractivity contribution in [2.24, 2.45) is 0 Å². The maximum absolute atomic E-state index is 13.5. The summed E-state index contributed by atoms with van der Waals surface area (Å²) in [4.78, 5) is 19.6. The molecular formula is C18H15F2N3O3S. The summed E-state index contributed by atoms with van der Waals surface area (Å²) < 4.78 is 27.0. The molecule has 3 aromatic rings. The second-order valence-corrected chi connectivity index (χ2v) is 6.90. The number of aliphatic hydroxyl groups is 1. The number of alkyl halides is 2. The summed E-state index contributed by atoms with van der Waals surface area (Å²) in [5, 5.41) is 21.3. The molecule has 3 aromatic heterocycles. The summed E-state index contributed by atoms with van der Waals surface area (Å²) in [6.45, 7) is 1.93. The van der Waals surface area contributed by atoms with E-state index in [4.69, 9.17) is 5.11 Å². The number of hydrogen-bond donors (Lipinski definition) is 3. The van der Waals surface area contributed by atoms with E-state index in [0.717, 1.165) is 16.9 Å². The van der Waals surface area contributed by atoms with Crippen LogP contribution in [-0.4, -0.2) is 32.1 Å². The zero-order chi connectivity index (χ0) is 19.6. The van der Waals surface area contributed by atoms with Gasteiger partial charge in [-0.3, -0.25) is 0 Å². The SMILES string of the molecule is Cc1ccnc(Nc2cccc(-c3ccc(C(O)C(F)(F)C(=O)O)s3)n2)c1. The molecule has 0 amide bonds. The number of nitrogens with zero attached hydrogens (tertiary/aromatic N) is 2. The Labute approximate surface area is 157 Å². The van der Waals surface area contributed by atoms with Gasteiger partial charge in [-0.05, 0) is 48.9 Å². The number of aryl methyl sites for hydroxylation is 1. The van der Waals surface area contributed by atoms with Gasteiger partial charge in [0.25, 0.3) is 0 Å². The Kier molecular flexibility index (Phi) is 5.15. The third-order valence-electron chi connectivity index (χ3n) is 3.70. The Bertz CT molecular complexity index is 978. The first-order chi connectivity index (χ1) is 12.8. The lowest BCUT2D eigenvalue weighted by atomic mass is 10.1. The zero-order valence-corrected chi connectivity index (χ0v) is 14.9. The van der Waals surface area contributed by atoms with Crippen molar-refractivity contribution >= 4 is 28.9 Å². The predicted molar refractivity (Wildman–Crippen MR) is 97.3 cm³/mol. The third kappa shape index (κ3) is 4.09. The van der Waals surface area contributed by atoms with Crippen molar-refractivity contribution in [3.8, 4) is 10.6 Å². The van der Waals surface area contributed by atoms with Gasteiger partial charge < -0.3 is 15.5 Å². The van der Waals surface area contributed by atoms with Crippen molar-refractivity contribution in [1.29, 1.82) is 0 Å². The number of aliphatic carboxylic acids is 1. The molecule has 0 fully saturated rings.